The lowest BCUT2D eigenvalue weighted by Gasteiger charge is -2.11. The predicted octanol–water partition coefficient (Wildman–Crippen LogP) is 2.74. The van der Waals surface area contributed by atoms with Gasteiger partial charge in [-0.3, -0.25) is 0 Å². The first-order valence-corrected chi connectivity index (χ1v) is 5.13. The van der Waals surface area contributed by atoms with Crippen LogP contribution < -0.4 is 0 Å². The summed E-state index contributed by atoms with van der Waals surface area (Å²) in [6, 6.07) is 6.05. The Morgan fingerprint density at radius 1 is 1.40 bits per heavy atom. The Bertz CT molecular complexity index is 316. The molecule has 1 aromatic carbocycles. The second-order valence-electron chi connectivity index (χ2n) is 3.55. The van der Waals surface area contributed by atoms with Gasteiger partial charge < -0.3 is 9.84 Å². The molecule has 1 atom stereocenters. The van der Waals surface area contributed by atoms with E-state index in [1.807, 2.05) is 13.8 Å². The highest BCUT2D eigenvalue weighted by Gasteiger charge is 2.10. The van der Waals surface area contributed by atoms with Crippen molar-refractivity contribution in [1.29, 1.82) is 0 Å². The Kier molecular flexibility index (Phi) is 4.16. The van der Waals surface area contributed by atoms with E-state index in [1.54, 1.807) is 12.1 Å². The summed E-state index contributed by atoms with van der Waals surface area (Å²) in [4.78, 5) is 11.5. The van der Waals surface area contributed by atoms with Gasteiger partial charge in [-0.05, 0) is 37.6 Å². The molecule has 15 heavy (non-hydrogen) atoms. The number of rotatable bonds is 4. The van der Waals surface area contributed by atoms with Crippen molar-refractivity contribution in [2.75, 3.05) is 0 Å². The third kappa shape index (κ3) is 3.62. The Balaban J connectivity index is 2.57. The zero-order valence-electron chi connectivity index (χ0n) is 9.06. The summed E-state index contributed by atoms with van der Waals surface area (Å²) >= 11 is 0. The molecule has 3 nitrogen and oxygen atoms in total. The van der Waals surface area contributed by atoms with Gasteiger partial charge in [0.15, 0.2) is 0 Å². The third-order valence-electron chi connectivity index (χ3n) is 2.11. The zero-order valence-corrected chi connectivity index (χ0v) is 9.06. The van der Waals surface area contributed by atoms with Crippen LogP contribution in [0.4, 0.5) is 0 Å². The van der Waals surface area contributed by atoms with Crippen molar-refractivity contribution in [1.82, 2.24) is 0 Å². The summed E-state index contributed by atoms with van der Waals surface area (Å²) in [5.41, 5.74) is 0.468. The molecule has 0 aliphatic carbocycles. The minimum atomic E-state index is -0.337. The molecule has 0 saturated carbocycles. The monoisotopic (exact) mass is 208 g/mol. The van der Waals surface area contributed by atoms with Gasteiger partial charge in [0.2, 0.25) is 0 Å². The standard InChI is InChI=1S/C12H16O3/c1-3-4-9(2)15-12(14)10-5-7-11(13)8-6-10/h5-9,13H,3-4H2,1-2H3/t9-/m0/s1. The molecule has 1 aromatic rings. The molecular formula is C12H16O3. The zero-order chi connectivity index (χ0) is 11.3. The van der Waals surface area contributed by atoms with Crippen LogP contribution in [-0.2, 0) is 4.74 Å². The van der Waals surface area contributed by atoms with Crippen LogP contribution in [0, 0.1) is 0 Å². The molecule has 0 unspecified atom stereocenters. The third-order valence-corrected chi connectivity index (χ3v) is 2.11. The van der Waals surface area contributed by atoms with Crippen molar-refractivity contribution in [3.63, 3.8) is 0 Å². The smallest absolute Gasteiger partial charge is 0.338 e. The molecule has 0 saturated heterocycles. The van der Waals surface area contributed by atoms with E-state index in [9.17, 15) is 4.79 Å². The second-order valence-corrected chi connectivity index (χ2v) is 3.55. The van der Waals surface area contributed by atoms with Crippen molar-refractivity contribution >= 4 is 5.97 Å². The second kappa shape index (κ2) is 5.39. The summed E-state index contributed by atoms with van der Waals surface area (Å²) in [7, 11) is 0. The van der Waals surface area contributed by atoms with Gasteiger partial charge in [0, 0.05) is 0 Å². The van der Waals surface area contributed by atoms with Crippen molar-refractivity contribution < 1.29 is 14.6 Å². The molecule has 0 radical (unpaired) electrons. The fourth-order valence-corrected chi connectivity index (χ4v) is 1.31. The van der Waals surface area contributed by atoms with Gasteiger partial charge in [0.1, 0.15) is 5.75 Å². The molecule has 3 heteroatoms. The highest BCUT2D eigenvalue weighted by Crippen LogP contribution is 2.12. The molecule has 1 N–H and O–H groups in total. The molecule has 0 spiro atoms. The van der Waals surface area contributed by atoms with Gasteiger partial charge in [0.05, 0.1) is 11.7 Å². The van der Waals surface area contributed by atoms with Crippen molar-refractivity contribution in [2.45, 2.75) is 32.8 Å². The number of hydrogen-bond donors (Lipinski definition) is 1. The molecular weight excluding hydrogens is 192 g/mol. The van der Waals surface area contributed by atoms with E-state index in [0.29, 0.717) is 5.56 Å². The highest BCUT2D eigenvalue weighted by molar-refractivity contribution is 5.89. The van der Waals surface area contributed by atoms with Gasteiger partial charge in [-0.15, -0.1) is 0 Å². The van der Waals surface area contributed by atoms with E-state index in [-0.39, 0.29) is 17.8 Å². The summed E-state index contributed by atoms with van der Waals surface area (Å²) in [6.45, 7) is 3.92. The summed E-state index contributed by atoms with van der Waals surface area (Å²) in [6.07, 6.45) is 1.80. The molecule has 1 rings (SSSR count). The largest absolute Gasteiger partial charge is 0.508 e. The number of esters is 1. The van der Waals surface area contributed by atoms with Crippen LogP contribution in [0.3, 0.4) is 0 Å². The van der Waals surface area contributed by atoms with Crippen LogP contribution in [-0.4, -0.2) is 17.2 Å². The molecule has 82 valence electrons. The van der Waals surface area contributed by atoms with Crippen LogP contribution >= 0.6 is 0 Å². The topological polar surface area (TPSA) is 46.5 Å². The fourth-order valence-electron chi connectivity index (χ4n) is 1.31. The van der Waals surface area contributed by atoms with Gasteiger partial charge >= 0.3 is 5.97 Å². The maximum Gasteiger partial charge on any atom is 0.338 e. The molecule has 0 bridgehead atoms. The van der Waals surface area contributed by atoms with Crippen molar-refractivity contribution in [3.8, 4) is 5.75 Å². The number of carbonyl (C=O) groups excluding carboxylic acids is 1. The lowest BCUT2D eigenvalue weighted by Crippen LogP contribution is -2.14. The van der Waals surface area contributed by atoms with Crippen LogP contribution in [0.1, 0.15) is 37.0 Å². The lowest BCUT2D eigenvalue weighted by molar-refractivity contribution is 0.0323. The first-order chi connectivity index (χ1) is 7.13. The van der Waals surface area contributed by atoms with Crippen LogP contribution in [0.2, 0.25) is 0 Å². The van der Waals surface area contributed by atoms with Crippen molar-refractivity contribution in [3.05, 3.63) is 29.8 Å². The number of phenolic OH excluding ortho intramolecular Hbond substituents is 1. The quantitative estimate of drug-likeness (QED) is 0.774. The Morgan fingerprint density at radius 2 is 2.00 bits per heavy atom. The molecule has 0 amide bonds. The number of ether oxygens (including phenoxy) is 1. The predicted molar refractivity (Wildman–Crippen MR) is 57.9 cm³/mol. The van der Waals surface area contributed by atoms with E-state index in [1.165, 1.54) is 12.1 Å². The first-order valence-electron chi connectivity index (χ1n) is 5.13. The molecule has 0 aliphatic rings. The average molecular weight is 208 g/mol. The van der Waals surface area contributed by atoms with Gasteiger partial charge in [-0.25, -0.2) is 4.79 Å². The highest BCUT2D eigenvalue weighted by atomic mass is 16.5. The van der Waals surface area contributed by atoms with Gasteiger partial charge in [-0.2, -0.15) is 0 Å². The number of aromatic hydroxyl groups is 1. The van der Waals surface area contributed by atoms with Gasteiger partial charge in [0.25, 0.3) is 0 Å². The van der Waals surface area contributed by atoms with Crippen LogP contribution in [0.5, 0.6) is 5.75 Å². The Hall–Kier alpha value is -1.51. The normalized spacial score (nSPS) is 12.1. The SMILES string of the molecule is CCC[C@H](C)OC(=O)c1ccc(O)cc1. The molecule has 0 aromatic heterocycles. The minimum absolute atomic E-state index is 0.0590. The van der Waals surface area contributed by atoms with E-state index < -0.39 is 0 Å². The van der Waals surface area contributed by atoms with Crippen molar-refractivity contribution in [2.24, 2.45) is 0 Å². The Labute approximate surface area is 89.7 Å². The van der Waals surface area contributed by atoms with E-state index in [4.69, 9.17) is 9.84 Å². The number of benzene rings is 1. The summed E-state index contributed by atoms with van der Waals surface area (Å²) in [5, 5.41) is 9.05. The first kappa shape index (κ1) is 11.6. The fraction of sp³-hybridized carbons (Fsp3) is 0.417. The van der Waals surface area contributed by atoms with E-state index in [0.717, 1.165) is 12.8 Å². The molecule has 0 aliphatic heterocycles. The summed E-state index contributed by atoms with van der Waals surface area (Å²) < 4.78 is 5.20. The van der Waals surface area contributed by atoms with Crippen LogP contribution in [0.25, 0.3) is 0 Å². The lowest BCUT2D eigenvalue weighted by atomic mass is 10.2. The average Bonchev–Trinajstić information content (AvgIpc) is 2.18. The van der Waals surface area contributed by atoms with E-state index >= 15 is 0 Å². The minimum Gasteiger partial charge on any atom is -0.508 e. The summed E-state index contributed by atoms with van der Waals surface area (Å²) in [5.74, 6) is -0.191. The molecule has 0 heterocycles. The number of phenols is 1. The maximum atomic E-state index is 11.5. The van der Waals surface area contributed by atoms with Gasteiger partial charge in [-0.1, -0.05) is 13.3 Å². The van der Waals surface area contributed by atoms with Crippen LogP contribution in [0.15, 0.2) is 24.3 Å². The number of hydrogen-bond acceptors (Lipinski definition) is 3. The Morgan fingerprint density at radius 3 is 2.53 bits per heavy atom. The maximum absolute atomic E-state index is 11.5. The molecule has 0 fully saturated rings. The van der Waals surface area contributed by atoms with E-state index in [2.05, 4.69) is 0 Å². The number of carbonyl (C=O) groups is 1.